The van der Waals surface area contributed by atoms with E-state index in [-0.39, 0.29) is 5.91 Å². The first kappa shape index (κ1) is 22.9. The average molecular weight is 508 g/mol. The van der Waals surface area contributed by atoms with Crippen LogP contribution in [0.1, 0.15) is 23.1 Å². The molecule has 0 bridgehead atoms. The highest BCUT2D eigenvalue weighted by Gasteiger charge is 2.12. The number of para-hydroxylation sites is 4. The number of fused-ring (bicyclic) bond motifs is 1. The Morgan fingerprint density at radius 1 is 0.970 bits per heavy atom. The van der Waals surface area contributed by atoms with Crippen molar-refractivity contribution in [2.75, 3.05) is 19.8 Å². The number of nitrogens with one attached hydrogen (secondary N) is 1. The lowest BCUT2D eigenvalue weighted by atomic mass is 10.2. The summed E-state index contributed by atoms with van der Waals surface area (Å²) < 4.78 is 14.8. The molecule has 0 aliphatic rings. The lowest BCUT2D eigenvalue weighted by Gasteiger charge is -2.14. The van der Waals surface area contributed by atoms with Gasteiger partial charge in [-0.3, -0.25) is 4.79 Å². The number of carbonyl (C=O) groups excluding carboxylic acids is 1. The standard InChI is InChI=1S/C26H26BrN3O3/c1-2-32-23-9-5-6-10-24(23)33-18-17-30-22-8-4-3-7-21(22)29-25(30)15-16-28-26(31)19-11-13-20(27)14-12-19/h3-14H,2,15-18H2,1H3,(H,28,31). The first-order chi connectivity index (χ1) is 16.2. The molecule has 6 nitrogen and oxygen atoms in total. The third kappa shape index (κ3) is 5.73. The molecule has 0 aliphatic carbocycles. The van der Waals surface area contributed by atoms with Crippen LogP contribution in [0.25, 0.3) is 11.0 Å². The Balaban J connectivity index is 1.42. The van der Waals surface area contributed by atoms with E-state index < -0.39 is 0 Å². The van der Waals surface area contributed by atoms with Crippen LogP contribution in [0, 0.1) is 0 Å². The van der Waals surface area contributed by atoms with Crippen LogP contribution in [-0.2, 0) is 13.0 Å². The second-order valence-electron chi connectivity index (χ2n) is 7.41. The second kappa shape index (κ2) is 11.0. The highest BCUT2D eigenvalue weighted by Crippen LogP contribution is 2.26. The van der Waals surface area contributed by atoms with Crippen molar-refractivity contribution >= 4 is 32.9 Å². The molecular weight excluding hydrogens is 482 g/mol. The van der Waals surface area contributed by atoms with Gasteiger partial charge in [-0.15, -0.1) is 0 Å². The molecule has 4 aromatic rings. The highest BCUT2D eigenvalue weighted by molar-refractivity contribution is 9.10. The molecule has 0 atom stereocenters. The van der Waals surface area contributed by atoms with Crippen LogP contribution in [-0.4, -0.2) is 35.2 Å². The predicted octanol–water partition coefficient (Wildman–Crippen LogP) is 5.25. The van der Waals surface area contributed by atoms with E-state index in [4.69, 9.17) is 14.5 Å². The van der Waals surface area contributed by atoms with Gasteiger partial charge in [0.25, 0.3) is 5.91 Å². The van der Waals surface area contributed by atoms with Crippen LogP contribution in [0.3, 0.4) is 0 Å². The Bertz CT molecular complexity index is 1220. The third-order valence-corrected chi connectivity index (χ3v) is 5.72. The van der Waals surface area contributed by atoms with E-state index in [1.807, 2.05) is 61.5 Å². The zero-order chi connectivity index (χ0) is 23.0. The smallest absolute Gasteiger partial charge is 0.251 e. The van der Waals surface area contributed by atoms with Crippen molar-refractivity contribution in [1.29, 1.82) is 0 Å². The molecule has 1 amide bonds. The number of benzene rings is 3. The first-order valence-electron chi connectivity index (χ1n) is 11.0. The van der Waals surface area contributed by atoms with Gasteiger partial charge in [0, 0.05) is 23.0 Å². The van der Waals surface area contributed by atoms with Crippen molar-refractivity contribution < 1.29 is 14.3 Å². The number of nitrogens with zero attached hydrogens (tertiary/aromatic N) is 2. The van der Waals surface area contributed by atoms with Crippen molar-refractivity contribution in [2.45, 2.75) is 19.9 Å². The zero-order valence-corrected chi connectivity index (χ0v) is 20.0. The van der Waals surface area contributed by atoms with E-state index in [2.05, 4.69) is 31.9 Å². The summed E-state index contributed by atoms with van der Waals surface area (Å²) in [5.41, 5.74) is 2.61. The van der Waals surface area contributed by atoms with Crippen molar-refractivity contribution in [3.05, 3.63) is 88.7 Å². The summed E-state index contributed by atoms with van der Waals surface area (Å²) in [4.78, 5) is 17.2. The number of halogens is 1. The Hall–Kier alpha value is -3.32. The normalized spacial score (nSPS) is 10.8. The predicted molar refractivity (Wildman–Crippen MR) is 133 cm³/mol. The van der Waals surface area contributed by atoms with Gasteiger partial charge in [-0.05, 0) is 55.5 Å². The molecule has 0 spiro atoms. The van der Waals surface area contributed by atoms with Crippen molar-refractivity contribution in [3.63, 3.8) is 0 Å². The van der Waals surface area contributed by atoms with Crippen molar-refractivity contribution in [2.24, 2.45) is 0 Å². The van der Waals surface area contributed by atoms with Gasteiger partial charge in [0.15, 0.2) is 11.5 Å². The number of rotatable bonds is 10. The van der Waals surface area contributed by atoms with Gasteiger partial charge >= 0.3 is 0 Å². The molecule has 7 heteroatoms. The topological polar surface area (TPSA) is 65.4 Å². The quantitative estimate of drug-likeness (QED) is 0.318. The second-order valence-corrected chi connectivity index (χ2v) is 8.33. The van der Waals surface area contributed by atoms with E-state index >= 15 is 0 Å². The zero-order valence-electron chi connectivity index (χ0n) is 18.5. The molecule has 1 N–H and O–H groups in total. The molecule has 33 heavy (non-hydrogen) atoms. The molecule has 0 unspecified atom stereocenters. The van der Waals surface area contributed by atoms with Gasteiger partial charge in [-0.1, -0.05) is 40.2 Å². The number of ether oxygens (including phenoxy) is 2. The van der Waals surface area contributed by atoms with Crippen molar-refractivity contribution in [1.82, 2.24) is 14.9 Å². The van der Waals surface area contributed by atoms with Crippen LogP contribution in [0.2, 0.25) is 0 Å². The maximum absolute atomic E-state index is 12.4. The fourth-order valence-corrected chi connectivity index (χ4v) is 3.91. The van der Waals surface area contributed by atoms with E-state index in [0.29, 0.717) is 38.3 Å². The van der Waals surface area contributed by atoms with E-state index in [0.717, 1.165) is 32.8 Å². The van der Waals surface area contributed by atoms with Crippen LogP contribution in [0.5, 0.6) is 11.5 Å². The lowest BCUT2D eigenvalue weighted by Crippen LogP contribution is -2.26. The Morgan fingerprint density at radius 2 is 1.67 bits per heavy atom. The number of aromatic nitrogens is 2. The van der Waals surface area contributed by atoms with Crippen LogP contribution in [0.4, 0.5) is 0 Å². The number of imidazole rings is 1. The maximum Gasteiger partial charge on any atom is 0.251 e. The van der Waals surface area contributed by atoms with Gasteiger partial charge in [-0.25, -0.2) is 4.98 Å². The van der Waals surface area contributed by atoms with Crippen molar-refractivity contribution in [3.8, 4) is 11.5 Å². The van der Waals surface area contributed by atoms with Crippen LogP contribution >= 0.6 is 15.9 Å². The van der Waals surface area contributed by atoms with Crippen LogP contribution < -0.4 is 14.8 Å². The number of carbonyl (C=O) groups is 1. The number of amides is 1. The molecule has 0 aliphatic heterocycles. The van der Waals surface area contributed by atoms with Gasteiger partial charge in [0.2, 0.25) is 0 Å². The minimum atomic E-state index is -0.0963. The van der Waals surface area contributed by atoms with E-state index in [9.17, 15) is 4.79 Å². The van der Waals surface area contributed by atoms with Gasteiger partial charge in [-0.2, -0.15) is 0 Å². The van der Waals surface area contributed by atoms with Gasteiger partial charge < -0.3 is 19.4 Å². The molecule has 170 valence electrons. The Morgan fingerprint density at radius 3 is 2.42 bits per heavy atom. The van der Waals surface area contributed by atoms with Gasteiger partial charge in [0.1, 0.15) is 12.4 Å². The summed E-state index contributed by atoms with van der Waals surface area (Å²) in [5.74, 6) is 2.29. The molecule has 0 saturated heterocycles. The average Bonchev–Trinajstić information content (AvgIpc) is 3.18. The monoisotopic (exact) mass is 507 g/mol. The largest absolute Gasteiger partial charge is 0.490 e. The molecule has 3 aromatic carbocycles. The molecule has 4 rings (SSSR count). The minimum Gasteiger partial charge on any atom is -0.490 e. The van der Waals surface area contributed by atoms with E-state index in [1.165, 1.54) is 0 Å². The summed E-state index contributed by atoms with van der Waals surface area (Å²) in [7, 11) is 0. The molecular formula is C26H26BrN3O3. The summed E-state index contributed by atoms with van der Waals surface area (Å²) in [6.07, 6.45) is 0.618. The van der Waals surface area contributed by atoms with Gasteiger partial charge in [0.05, 0.1) is 24.2 Å². The van der Waals surface area contributed by atoms with E-state index in [1.54, 1.807) is 12.1 Å². The Labute approximate surface area is 201 Å². The third-order valence-electron chi connectivity index (χ3n) is 5.20. The summed E-state index contributed by atoms with van der Waals surface area (Å²) in [6, 6.07) is 23.0. The van der Waals surface area contributed by atoms with Crippen LogP contribution in [0.15, 0.2) is 77.3 Å². The summed E-state index contributed by atoms with van der Waals surface area (Å²) in [6.45, 7) is 4.14. The Kier molecular flexibility index (Phi) is 7.62. The molecule has 0 fully saturated rings. The minimum absolute atomic E-state index is 0.0963. The summed E-state index contributed by atoms with van der Waals surface area (Å²) in [5, 5.41) is 2.99. The molecule has 1 aromatic heterocycles. The molecule has 0 saturated carbocycles. The number of hydrogen-bond donors (Lipinski definition) is 1. The highest BCUT2D eigenvalue weighted by atomic mass is 79.9. The number of hydrogen-bond acceptors (Lipinski definition) is 4. The summed E-state index contributed by atoms with van der Waals surface area (Å²) >= 11 is 3.39. The fourth-order valence-electron chi connectivity index (χ4n) is 3.65. The molecule has 1 heterocycles. The SMILES string of the molecule is CCOc1ccccc1OCCn1c(CCNC(=O)c2ccc(Br)cc2)nc2ccccc21. The first-order valence-corrected chi connectivity index (χ1v) is 11.8. The molecule has 0 radical (unpaired) electrons. The maximum atomic E-state index is 12.4. The fraction of sp³-hybridized carbons (Fsp3) is 0.231. The lowest BCUT2D eigenvalue weighted by molar-refractivity contribution is 0.0954.